The van der Waals surface area contributed by atoms with Crippen LogP contribution in [0.15, 0.2) is 0 Å². The minimum absolute atomic E-state index is 0. The van der Waals surface area contributed by atoms with Gasteiger partial charge in [0, 0.05) is 7.11 Å². The minimum Gasteiger partial charge on any atom is -1.00 e. The maximum atomic E-state index is 10.7. The van der Waals surface area contributed by atoms with Gasteiger partial charge in [-0.2, -0.15) is 0 Å². The van der Waals surface area contributed by atoms with Crippen molar-refractivity contribution < 1.29 is 142 Å². The van der Waals surface area contributed by atoms with Gasteiger partial charge in [-0.1, -0.05) is 19.8 Å². The molecule has 0 heterocycles. The summed E-state index contributed by atoms with van der Waals surface area (Å²) < 4.78 is 19.4. The molecule has 0 aromatic rings. The fourth-order valence-electron chi connectivity index (χ4n) is 0.585. The van der Waals surface area contributed by atoms with Gasteiger partial charge in [0.25, 0.3) is 0 Å². The zero-order chi connectivity index (χ0) is 8.74. The Morgan fingerprint density at radius 2 is 1.67 bits per heavy atom. The Balaban J connectivity index is -0.0000000179. The summed E-state index contributed by atoms with van der Waals surface area (Å²) in [6.45, 7) is 2.34. The van der Waals surface area contributed by atoms with Crippen molar-refractivity contribution in [2.45, 2.75) is 26.2 Å². The third-order valence-corrected chi connectivity index (χ3v) is 2.20. The number of phosphoric ester groups is 1. The molecule has 0 saturated heterocycles. The summed E-state index contributed by atoms with van der Waals surface area (Å²) in [5, 5.41) is 0. The van der Waals surface area contributed by atoms with Gasteiger partial charge in [0.05, 0.1) is 6.61 Å². The van der Waals surface area contributed by atoms with E-state index in [1.165, 1.54) is 0 Å². The van der Waals surface area contributed by atoms with E-state index in [-0.39, 0.29) is 131 Å². The van der Waals surface area contributed by atoms with Crippen LogP contribution >= 0.6 is 7.82 Å². The fraction of sp³-hybridized carbons (Fsp3) is 1.00. The Bertz CT molecular complexity index is 163. The first-order valence-electron chi connectivity index (χ1n) is 3.65. The van der Waals surface area contributed by atoms with E-state index in [0.29, 0.717) is 0 Å². The number of phosphoric acid groups is 1. The molecule has 0 saturated carbocycles. The first kappa shape index (κ1) is 31.5. The summed E-state index contributed by atoms with van der Waals surface area (Å²) in [7, 11) is -2.56. The van der Waals surface area contributed by atoms with E-state index in [2.05, 4.69) is 16.0 Å². The van der Waals surface area contributed by atoms with Crippen LogP contribution in [0.2, 0.25) is 0 Å². The van der Waals surface area contributed by atoms with Gasteiger partial charge < -0.3 is 10.6 Å². The van der Waals surface area contributed by atoms with Crippen LogP contribution in [0.5, 0.6) is 0 Å². The van der Waals surface area contributed by atoms with Gasteiger partial charge in [0.15, 0.2) is 0 Å². The average molecular weight is 278 g/mol. The van der Waals surface area contributed by atoms with Crippen molar-refractivity contribution in [2.24, 2.45) is 0 Å². The number of hydrogen-bond donors (Lipinski definition) is 1. The molecule has 9 heteroatoms. The number of unbranched alkanes of at least 4 members (excludes halogenated alkanes) is 2. The second kappa shape index (κ2) is 20.4. The maximum absolute atomic E-state index is 10.7. The van der Waals surface area contributed by atoms with E-state index < -0.39 is 7.82 Å². The van der Waals surface area contributed by atoms with E-state index in [0.717, 1.165) is 26.4 Å². The zero-order valence-electron chi connectivity index (χ0n) is 14.9. The molecule has 0 rings (SSSR count). The third-order valence-electron chi connectivity index (χ3n) is 1.23. The fourth-order valence-corrected chi connectivity index (χ4v) is 1.05. The Hall–Kier alpha value is 4.11. The van der Waals surface area contributed by atoms with Crippen LogP contribution in [0, 0.1) is 0 Å². The van der Waals surface area contributed by atoms with Crippen molar-refractivity contribution >= 4 is 7.82 Å². The second-order valence-electron chi connectivity index (χ2n) is 2.19. The van der Waals surface area contributed by atoms with Crippen LogP contribution in [-0.4, -0.2) is 18.6 Å². The van der Waals surface area contributed by atoms with E-state index in [9.17, 15) is 4.57 Å². The zero-order valence-corrected chi connectivity index (χ0v) is 19.8. The Morgan fingerprint density at radius 3 is 2.00 bits per heavy atom. The van der Waals surface area contributed by atoms with Gasteiger partial charge in [-0.15, -0.1) is 0 Å². The van der Waals surface area contributed by atoms with Gasteiger partial charge in [0.2, 0.25) is 0 Å². The molecule has 4 nitrogen and oxygen atoms in total. The average Bonchev–Trinajstić information content (AvgIpc) is 1.99. The summed E-state index contributed by atoms with van der Waals surface area (Å²) in [5.41, 5.74) is 0. The Morgan fingerprint density at radius 1 is 1.20 bits per heavy atom. The summed E-state index contributed by atoms with van der Waals surface area (Å²) in [4.78, 5) is 8.73. The van der Waals surface area contributed by atoms with Crippen LogP contribution in [0.25, 0.3) is 0 Å². The van der Waals surface area contributed by atoms with Crippen LogP contribution < -0.4 is 118 Å². The van der Waals surface area contributed by atoms with Crippen LogP contribution in [-0.2, 0) is 13.6 Å². The number of rotatable bonds is 6. The van der Waals surface area contributed by atoms with Gasteiger partial charge in [0.1, 0.15) is 0 Å². The molecule has 0 radical (unpaired) electrons. The van der Waals surface area contributed by atoms with Gasteiger partial charge in [-0.05, 0) is 6.42 Å². The molecule has 0 aliphatic heterocycles. The van der Waals surface area contributed by atoms with Gasteiger partial charge in [-0.3, -0.25) is 9.05 Å². The summed E-state index contributed by atoms with van der Waals surface area (Å²) >= 11 is 0. The predicted octanol–water partition coefficient (Wildman–Crippen LogP) is -9.59. The van der Waals surface area contributed by atoms with E-state index in [1.54, 1.807) is 0 Å². The summed E-state index contributed by atoms with van der Waals surface area (Å²) in [6.07, 6.45) is 2.86. The molecule has 1 N–H and O–H groups in total. The summed E-state index contributed by atoms with van der Waals surface area (Å²) in [6, 6.07) is 0. The van der Waals surface area contributed by atoms with E-state index in [1.807, 2.05) is 0 Å². The van der Waals surface area contributed by atoms with Crippen molar-refractivity contribution in [1.29, 1.82) is 0 Å². The predicted molar refractivity (Wildman–Crippen MR) is 46.8 cm³/mol. The quantitative estimate of drug-likeness (QED) is 0.298. The molecule has 0 amide bonds. The molecule has 1 atom stereocenters. The van der Waals surface area contributed by atoms with E-state index in [4.69, 9.17) is 4.89 Å². The molecule has 0 spiro atoms. The van der Waals surface area contributed by atoms with Crippen molar-refractivity contribution in [2.75, 3.05) is 13.7 Å². The topological polar surface area (TPSA) is 55.8 Å². The SMILES string of the molecule is CCCCCOP(=O)(O)OC.[H-].[H-].[H-].[H-].[Na+].[Na+].[Na+].[Na+]. The number of hydrogen-bond acceptors (Lipinski definition) is 3. The van der Waals surface area contributed by atoms with Crippen molar-refractivity contribution in [3.63, 3.8) is 0 Å². The van der Waals surface area contributed by atoms with Crippen molar-refractivity contribution in [1.82, 2.24) is 0 Å². The van der Waals surface area contributed by atoms with Crippen molar-refractivity contribution in [3.05, 3.63) is 0 Å². The molecule has 0 aromatic carbocycles. The van der Waals surface area contributed by atoms with E-state index >= 15 is 0 Å². The molecular formula is C6H19Na4O4P. The molecule has 0 aliphatic rings. The Kier molecular flexibility index (Phi) is 42.9. The summed E-state index contributed by atoms with van der Waals surface area (Å²) in [5.74, 6) is 0. The third kappa shape index (κ3) is 23.6. The van der Waals surface area contributed by atoms with Crippen LogP contribution in [0.3, 0.4) is 0 Å². The van der Waals surface area contributed by atoms with Crippen LogP contribution in [0.1, 0.15) is 31.9 Å². The monoisotopic (exact) mass is 278 g/mol. The molecule has 0 bridgehead atoms. The second-order valence-corrected chi connectivity index (χ2v) is 3.75. The van der Waals surface area contributed by atoms with Crippen LogP contribution in [0.4, 0.5) is 0 Å². The largest absolute Gasteiger partial charge is 1.00 e. The normalized spacial score (nSPS) is 11.9. The maximum Gasteiger partial charge on any atom is 1.00 e. The first-order valence-corrected chi connectivity index (χ1v) is 5.15. The molecular weight excluding hydrogens is 259 g/mol. The van der Waals surface area contributed by atoms with Gasteiger partial charge in [-0.25, -0.2) is 4.57 Å². The molecule has 76 valence electrons. The smallest absolute Gasteiger partial charge is 1.00 e. The van der Waals surface area contributed by atoms with Gasteiger partial charge >= 0.3 is 126 Å². The standard InChI is InChI=1S/C6H15O4P.4Na.4H/c1-3-4-5-6-10-11(7,8)9-2;;;;;;;;/h3-6H2,1-2H3,(H,7,8);;;;;;;;/q;4*+1;4*-1. The molecule has 1 unspecified atom stereocenters. The first-order chi connectivity index (χ1) is 5.12. The molecule has 0 fully saturated rings. The van der Waals surface area contributed by atoms with Crippen molar-refractivity contribution in [3.8, 4) is 0 Å². The molecule has 0 aromatic heterocycles. The minimum atomic E-state index is -3.71. The Labute approximate surface area is 187 Å². The molecule has 15 heavy (non-hydrogen) atoms. The molecule has 0 aliphatic carbocycles.